The van der Waals surface area contributed by atoms with Gasteiger partial charge in [-0.3, -0.25) is 4.79 Å². The highest BCUT2D eigenvalue weighted by Gasteiger charge is 2.50. The monoisotopic (exact) mass is 484 g/mol. The highest BCUT2D eigenvalue weighted by atomic mass is 16.5. The van der Waals surface area contributed by atoms with Crippen molar-refractivity contribution in [2.75, 3.05) is 13.1 Å². The Labute approximate surface area is 208 Å². The molecule has 1 saturated heterocycles. The van der Waals surface area contributed by atoms with Crippen molar-refractivity contribution >= 4 is 18.0 Å². The smallest absolute Gasteiger partial charge is 0.409 e. The summed E-state index contributed by atoms with van der Waals surface area (Å²) in [6.07, 6.45) is 5.18. The van der Waals surface area contributed by atoms with E-state index in [0.29, 0.717) is 18.3 Å². The lowest BCUT2D eigenvalue weighted by Gasteiger charge is -2.50. The minimum Gasteiger partial charge on any atom is -0.410 e. The highest BCUT2D eigenvalue weighted by molar-refractivity contribution is 5.91. The van der Waals surface area contributed by atoms with Gasteiger partial charge >= 0.3 is 6.09 Å². The molecule has 1 aromatic rings. The third kappa shape index (κ3) is 5.10. The van der Waals surface area contributed by atoms with Crippen molar-refractivity contribution < 1.29 is 14.3 Å². The van der Waals surface area contributed by atoms with E-state index in [-0.39, 0.29) is 11.9 Å². The van der Waals surface area contributed by atoms with Crippen LogP contribution in [0.2, 0.25) is 0 Å². The van der Waals surface area contributed by atoms with Crippen molar-refractivity contribution in [3.8, 4) is 5.75 Å². The predicted octanol–water partition coefficient (Wildman–Crippen LogP) is 2.65. The second-order valence-electron chi connectivity index (χ2n) is 10.8. The second-order valence-corrected chi connectivity index (χ2v) is 10.8. The Morgan fingerprint density at radius 2 is 1.74 bits per heavy atom. The number of guanidine groups is 1. The molecule has 6 N–H and O–H groups in total. The summed E-state index contributed by atoms with van der Waals surface area (Å²) in [5, 5.41) is 0. The lowest BCUT2D eigenvalue weighted by molar-refractivity contribution is -0.144. The number of primary amides is 1. The van der Waals surface area contributed by atoms with Crippen molar-refractivity contribution in [2.45, 2.75) is 83.5 Å². The molecule has 0 bridgehead atoms. The van der Waals surface area contributed by atoms with Gasteiger partial charge in [0.15, 0.2) is 5.96 Å². The zero-order chi connectivity index (χ0) is 25.3. The summed E-state index contributed by atoms with van der Waals surface area (Å²) in [7, 11) is 0. The number of piperidine rings is 1. The number of hydrogen-bond donors (Lipinski definition) is 3. The van der Waals surface area contributed by atoms with Crippen molar-refractivity contribution in [1.82, 2.24) is 9.80 Å². The quantitative estimate of drug-likeness (QED) is 0.433. The molecule has 1 atom stereocenters. The number of hydrogen-bond acceptors (Lipinski definition) is 5. The molecule has 1 aromatic carbocycles. The molecule has 1 spiro atoms. The van der Waals surface area contributed by atoms with Crippen LogP contribution in [-0.2, 0) is 16.8 Å². The van der Waals surface area contributed by atoms with Gasteiger partial charge < -0.3 is 31.7 Å². The number of carbonyl (C=O) groups is 2. The van der Waals surface area contributed by atoms with Gasteiger partial charge in [0, 0.05) is 12.6 Å². The maximum Gasteiger partial charge on any atom is 0.409 e. The molecule has 1 aliphatic carbocycles. The van der Waals surface area contributed by atoms with Crippen molar-refractivity contribution in [2.24, 2.45) is 34.0 Å². The van der Waals surface area contributed by atoms with Gasteiger partial charge in [-0.25, -0.2) is 9.79 Å². The van der Waals surface area contributed by atoms with Gasteiger partial charge in [-0.05, 0) is 93.6 Å². The molecule has 1 saturated carbocycles. The van der Waals surface area contributed by atoms with Crippen molar-refractivity contribution in [1.29, 1.82) is 0 Å². The van der Waals surface area contributed by atoms with E-state index in [4.69, 9.17) is 21.9 Å². The van der Waals surface area contributed by atoms with E-state index in [9.17, 15) is 9.59 Å². The maximum absolute atomic E-state index is 14.0. The molecule has 2 amide bonds. The average Bonchev–Trinajstić information content (AvgIpc) is 2.81. The molecule has 9 nitrogen and oxygen atoms in total. The van der Waals surface area contributed by atoms with E-state index in [1.54, 1.807) is 11.0 Å². The van der Waals surface area contributed by atoms with Crippen LogP contribution < -0.4 is 21.9 Å². The first-order valence-corrected chi connectivity index (χ1v) is 12.9. The summed E-state index contributed by atoms with van der Waals surface area (Å²) in [5.41, 5.74) is 17.8. The van der Waals surface area contributed by atoms with E-state index in [1.807, 2.05) is 19.1 Å². The maximum atomic E-state index is 14.0. The molecule has 0 radical (unpaired) electrons. The van der Waals surface area contributed by atoms with Crippen LogP contribution in [0.5, 0.6) is 5.75 Å². The van der Waals surface area contributed by atoms with Gasteiger partial charge in [-0.1, -0.05) is 19.9 Å². The molecule has 4 rings (SSSR count). The zero-order valence-electron chi connectivity index (χ0n) is 21.2. The number of benzene rings is 1. The summed E-state index contributed by atoms with van der Waals surface area (Å²) in [6, 6.07) is 6.07. The largest absolute Gasteiger partial charge is 0.410 e. The molecular formula is C26H40N6O3. The van der Waals surface area contributed by atoms with Gasteiger partial charge in [0.25, 0.3) is 0 Å². The number of rotatable bonds is 5. The van der Waals surface area contributed by atoms with Crippen molar-refractivity contribution in [3.05, 3.63) is 29.3 Å². The van der Waals surface area contributed by atoms with Crippen LogP contribution in [0.4, 0.5) is 4.79 Å². The molecular weight excluding hydrogens is 444 g/mol. The van der Waals surface area contributed by atoms with Crippen LogP contribution >= 0.6 is 0 Å². The number of ether oxygens (including phenoxy) is 1. The number of fused-ring (bicyclic) bond motifs is 2. The summed E-state index contributed by atoms with van der Waals surface area (Å²) in [6.45, 7) is 8.58. The van der Waals surface area contributed by atoms with Crippen molar-refractivity contribution in [3.63, 3.8) is 0 Å². The minimum absolute atomic E-state index is 0.0530. The van der Waals surface area contributed by atoms with Gasteiger partial charge in [0.05, 0.1) is 5.41 Å². The molecule has 35 heavy (non-hydrogen) atoms. The zero-order valence-corrected chi connectivity index (χ0v) is 21.2. The molecule has 1 unspecified atom stereocenters. The molecule has 3 aliphatic rings. The van der Waals surface area contributed by atoms with Crippen LogP contribution in [0, 0.1) is 11.8 Å². The summed E-state index contributed by atoms with van der Waals surface area (Å²) in [4.78, 5) is 33.9. The summed E-state index contributed by atoms with van der Waals surface area (Å²) in [5.74, 6) is 1.96. The predicted molar refractivity (Wildman–Crippen MR) is 136 cm³/mol. The third-order valence-electron chi connectivity index (χ3n) is 8.46. The lowest BCUT2D eigenvalue weighted by atomic mass is 9.67. The van der Waals surface area contributed by atoms with Gasteiger partial charge in [0.1, 0.15) is 11.9 Å². The van der Waals surface area contributed by atoms with E-state index < -0.39 is 17.7 Å². The fourth-order valence-electron chi connectivity index (χ4n) is 6.47. The number of likely N-dealkylation sites (tertiary alicyclic amines) is 1. The van der Waals surface area contributed by atoms with E-state index in [0.717, 1.165) is 48.9 Å². The first-order chi connectivity index (χ1) is 16.6. The first kappa shape index (κ1) is 25.3. The second kappa shape index (κ2) is 10.0. The normalized spacial score (nSPS) is 25.3. The van der Waals surface area contributed by atoms with Crippen LogP contribution in [-0.4, -0.2) is 53.1 Å². The fourth-order valence-corrected chi connectivity index (χ4v) is 6.47. The van der Waals surface area contributed by atoms with Crippen LogP contribution in [0.1, 0.15) is 70.4 Å². The third-order valence-corrected chi connectivity index (χ3v) is 8.46. The molecule has 2 fully saturated rings. The molecule has 9 heteroatoms. The van der Waals surface area contributed by atoms with Crippen LogP contribution in [0.3, 0.4) is 0 Å². The van der Waals surface area contributed by atoms with Gasteiger partial charge in [-0.15, -0.1) is 0 Å². The number of nitrogens with two attached hydrogens (primary N) is 3. The van der Waals surface area contributed by atoms with E-state index in [1.165, 1.54) is 25.7 Å². The van der Waals surface area contributed by atoms with E-state index >= 15 is 0 Å². The Bertz CT molecular complexity index is 973. The standard InChI is InChI=1S/C26H40N6O3/c1-16(2)18-4-6-20(7-5-18)31-12-10-26(11-13-31)22-9-8-21(35-25(29)34)14-19(22)15-32(23(26)33)17(3)30-24(27)28/h8-9,14,16-18,20H,4-7,10-13,15H2,1-3H3,(H2,29,34)(H4,27,28,30). The number of amides is 2. The fraction of sp³-hybridized carbons (Fsp3) is 0.654. The Hall–Kier alpha value is -2.81. The Balaban J connectivity index is 1.59. The van der Waals surface area contributed by atoms with Gasteiger partial charge in [-0.2, -0.15) is 0 Å². The average molecular weight is 485 g/mol. The SMILES string of the molecule is CC(C)C1CCC(N2CCC3(CC2)C(=O)N(C(C)N=C(N)N)Cc2cc(OC(N)=O)ccc23)CC1. The summed E-state index contributed by atoms with van der Waals surface area (Å²) < 4.78 is 5.12. The topological polar surface area (TPSA) is 140 Å². The Kier molecular flexibility index (Phi) is 7.26. The molecule has 192 valence electrons. The molecule has 0 aromatic heterocycles. The van der Waals surface area contributed by atoms with E-state index in [2.05, 4.69) is 23.7 Å². The first-order valence-electron chi connectivity index (χ1n) is 12.9. The Morgan fingerprint density at radius 1 is 1.09 bits per heavy atom. The molecule has 2 heterocycles. The number of nitrogens with zero attached hydrogens (tertiary/aromatic N) is 3. The van der Waals surface area contributed by atoms with Crippen LogP contribution in [0.15, 0.2) is 23.2 Å². The van der Waals surface area contributed by atoms with Gasteiger partial charge in [0.2, 0.25) is 5.91 Å². The lowest BCUT2D eigenvalue weighted by Crippen LogP contribution is -2.58. The summed E-state index contributed by atoms with van der Waals surface area (Å²) >= 11 is 0. The number of aliphatic imine (C=N–C) groups is 1. The highest BCUT2D eigenvalue weighted by Crippen LogP contribution is 2.45. The molecule has 2 aliphatic heterocycles. The van der Waals surface area contributed by atoms with Crippen LogP contribution in [0.25, 0.3) is 0 Å². The Morgan fingerprint density at radius 3 is 2.31 bits per heavy atom. The number of carbonyl (C=O) groups excluding carboxylic acids is 2. The minimum atomic E-state index is -0.863.